The molecule has 0 aromatic heterocycles. The van der Waals surface area contributed by atoms with E-state index in [0.29, 0.717) is 6.04 Å². The Kier molecular flexibility index (Phi) is 3.10. The number of hydrogen-bond donors (Lipinski definition) is 1. The molecule has 0 heterocycles. The third-order valence-corrected chi connectivity index (χ3v) is 3.03. The highest BCUT2D eigenvalue weighted by atomic mass is 14.9. The van der Waals surface area contributed by atoms with Crippen molar-refractivity contribution in [2.45, 2.75) is 32.2 Å². The first kappa shape index (κ1) is 10.3. The van der Waals surface area contributed by atoms with Crippen molar-refractivity contribution in [1.29, 1.82) is 0 Å². The van der Waals surface area contributed by atoms with Crippen LogP contribution in [0.25, 0.3) is 0 Å². The zero-order valence-corrected chi connectivity index (χ0v) is 8.96. The van der Waals surface area contributed by atoms with Crippen LogP contribution in [0.15, 0.2) is 30.3 Å². The van der Waals surface area contributed by atoms with Gasteiger partial charge in [-0.1, -0.05) is 44.2 Å². The van der Waals surface area contributed by atoms with Crippen molar-refractivity contribution in [2.75, 3.05) is 7.05 Å². The van der Waals surface area contributed by atoms with E-state index in [1.54, 1.807) is 0 Å². The summed E-state index contributed by atoms with van der Waals surface area (Å²) in [6.07, 6.45) is 0. The zero-order valence-electron chi connectivity index (χ0n) is 8.96. The van der Waals surface area contributed by atoms with E-state index in [4.69, 9.17) is 0 Å². The van der Waals surface area contributed by atoms with E-state index in [1.807, 2.05) is 7.05 Å². The third kappa shape index (κ3) is 2.10. The molecule has 0 spiro atoms. The van der Waals surface area contributed by atoms with Gasteiger partial charge in [0.2, 0.25) is 0 Å². The summed E-state index contributed by atoms with van der Waals surface area (Å²) in [5, 5.41) is 3.30. The molecule has 0 aliphatic heterocycles. The van der Waals surface area contributed by atoms with Gasteiger partial charge in [-0.05, 0) is 19.5 Å². The summed E-state index contributed by atoms with van der Waals surface area (Å²) >= 11 is 0. The number of benzene rings is 1. The van der Waals surface area contributed by atoms with Crippen LogP contribution in [0.3, 0.4) is 0 Å². The van der Waals surface area contributed by atoms with Crippen LogP contribution in [0.1, 0.15) is 26.3 Å². The van der Waals surface area contributed by atoms with E-state index in [0.717, 1.165) is 0 Å². The van der Waals surface area contributed by atoms with Gasteiger partial charge in [-0.3, -0.25) is 0 Å². The smallest absolute Gasteiger partial charge is 0.0127 e. The maximum Gasteiger partial charge on any atom is 0.0127 e. The summed E-state index contributed by atoms with van der Waals surface area (Å²) in [6.45, 7) is 6.75. The highest BCUT2D eigenvalue weighted by Gasteiger charge is 2.26. The van der Waals surface area contributed by atoms with Crippen molar-refractivity contribution < 1.29 is 0 Å². The van der Waals surface area contributed by atoms with Crippen LogP contribution in [0.2, 0.25) is 0 Å². The van der Waals surface area contributed by atoms with Gasteiger partial charge in [-0.25, -0.2) is 0 Å². The molecule has 72 valence electrons. The van der Waals surface area contributed by atoms with Crippen LogP contribution in [0.4, 0.5) is 0 Å². The van der Waals surface area contributed by atoms with Gasteiger partial charge in [0, 0.05) is 11.5 Å². The van der Waals surface area contributed by atoms with Crippen LogP contribution in [-0.2, 0) is 5.41 Å². The molecule has 1 N–H and O–H groups in total. The summed E-state index contributed by atoms with van der Waals surface area (Å²) in [6, 6.07) is 11.1. The molecule has 1 heteroatoms. The second-order valence-electron chi connectivity index (χ2n) is 4.10. The van der Waals surface area contributed by atoms with Crippen molar-refractivity contribution in [2.24, 2.45) is 0 Å². The predicted octanol–water partition coefficient (Wildman–Crippen LogP) is 2.57. The van der Waals surface area contributed by atoms with Gasteiger partial charge < -0.3 is 5.32 Å². The first-order chi connectivity index (χ1) is 6.09. The summed E-state index contributed by atoms with van der Waals surface area (Å²) < 4.78 is 0. The minimum Gasteiger partial charge on any atom is -0.316 e. The van der Waals surface area contributed by atoms with Crippen molar-refractivity contribution in [1.82, 2.24) is 5.32 Å². The van der Waals surface area contributed by atoms with Crippen LogP contribution in [0, 0.1) is 0 Å². The average molecular weight is 177 g/mol. The molecule has 13 heavy (non-hydrogen) atoms. The van der Waals surface area contributed by atoms with E-state index < -0.39 is 0 Å². The largest absolute Gasteiger partial charge is 0.316 e. The lowest BCUT2D eigenvalue weighted by Gasteiger charge is -2.32. The monoisotopic (exact) mass is 177 g/mol. The maximum atomic E-state index is 3.30. The molecule has 0 radical (unpaired) electrons. The van der Waals surface area contributed by atoms with Gasteiger partial charge in [0.1, 0.15) is 0 Å². The molecule has 0 aliphatic rings. The molecular formula is C12H19N. The van der Waals surface area contributed by atoms with Crippen molar-refractivity contribution in [3.05, 3.63) is 35.9 Å². The van der Waals surface area contributed by atoms with Crippen LogP contribution in [0.5, 0.6) is 0 Å². The second kappa shape index (κ2) is 3.93. The average Bonchev–Trinajstić information content (AvgIpc) is 2.18. The van der Waals surface area contributed by atoms with Crippen molar-refractivity contribution >= 4 is 0 Å². The first-order valence-corrected chi connectivity index (χ1v) is 4.82. The van der Waals surface area contributed by atoms with Gasteiger partial charge >= 0.3 is 0 Å². The normalized spacial score (nSPS) is 14.2. The van der Waals surface area contributed by atoms with Gasteiger partial charge in [-0.15, -0.1) is 0 Å². The molecular weight excluding hydrogens is 158 g/mol. The van der Waals surface area contributed by atoms with Gasteiger partial charge in [-0.2, -0.15) is 0 Å². The summed E-state index contributed by atoms with van der Waals surface area (Å²) in [7, 11) is 2.01. The SMILES string of the molecule is CN[C@H](C)C(C)(C)c1ccccc1. The van der Waals surface area contributed by atoms with E-state index in [9.17, 15) is 0 Å². The Morgan fingerprint density at radius 3 is 2.15 bits per heavy atom. The lowest BCUT2D eigenvalue weighted by atomic mass is 9.78. The van der Waals surface area contributed by atoms with Gasteiger partial charge in [0.15, 0.2) is 0 Å². The second-order valence-corrected chi connectivity index (χ2v) is 4.10. The highest BCUT2D eigenvalue weighted by molar-refractivity contribution is 5.25. The Balaban J connectivity index is 2.93. The highest BCUT2D eigenvalue weighted by Crippen LogP contribution is 2.26. The van der Waals surface area contributed by atoms with E-state index in [-0.39, 0.29) is 5.41 Å². The molecule has 1 aromatic rings. The fourth-order valence-corrected chi connectivity index (χ4v) is 1.48. The minimum atomic E-state index is 0.190. The van der Waals surface area contributed by atoms with E-state index in [1.165, 1.54) is 5.56 Å². The Labute approximate surface area is 81.2 Å². The minimum absolute atomic E-state index is 0.190. The molecule has 1 nitrogen and oxygen atoms in total. The molecule has 1 rings (SSSR count). The number of hydrogen-bond acceptors (Lipinski definition) is 1. The molecule has 0 saturated heterocycles. The number of rotatable bonds is 3. The lowest BCUT2D eigenvalue weighted by molar-refractivity contribution is 0.383. The van der Waals surface area contributed by atoms with Gasteiger partial charge in [0.25, 0.3) is 0 Å². The molecule has 1 atom stereocenters. The fraction of sp³-hybridized carbons (Fsp3) is 0.500. The Morgan fingerprint density at radius 1 is 1.15 bits per heavy atom. The Bertz CT molecular complexity index is 251. The van der Waals surface area contributed by atoms with Crippen molar-refractivity contribution in [3.8, 4) is 0 Å². The van der Waals surface area contributed by atoms with Crippen LogP contribution < -0.4 is 5.32 Å². The Morgan fingerprint density at radius 2 is 1.69 bits per heavy atom. The van der Waals surface area contributed by atoms with E-state index >= 15 is 0 Å². The van der Waals surface area contributed by atoms with E-state index in [2.05, 4.69) is 56.4 Å². The standard InChI is InChI=1S/C12H19N/c1-10(13-4)12(2,3)11-8-6-5-7-9-11/h5-10,13H,1-4H3/t10-/m1/s1. The molecule has 0 fully saturated rings. The quantitative estimate of drug-likeness (QED) is 0.748. The summed E-state index contributed by atoms with van der Waals surface area (Å²) in [5.74, 6) is 0. The summed E-state index contributed by atoms with van der Waals surface area (Å²) in [4.78, 5) is 0. The molecule has 1 aromatic carbocycles. The number of nitrogens with one attached hydrogen (secondary N) is 1. The molecule has 0 amide bonds. The summed E-state index contributed by atoms with van der Waals surface area (Å²) in [5.41, 5.74) is 1.58. The topological polar surface area (TPSA) is 12.0 Å². The maximum absolute atomic E-state index is 3.30. The Hall–Kier alpha value is -0.820. The number of likely N-dealkylation sites (N-methyl/N-ethyl adjacent to an activating group) is 1. The first-order valence-electron chi connectivity index (χ1n) is 4.82. The third-order valence-electron chi connectivity index (χ3n) is 3.03. The molecule has 0 aliphatic carbocycles. The van der Waals surface area contributed by atoms with Crippen LogP contribution >= 0.6 is 0 Å². The fourth-order valence-electron chi connectivity index (χ4n) is 1.48. The molecule has 0 unspecified atom stereocenters. The lowest BCUT2D eigenvalue weighted by Crippen LogP contribution is -2.40. The molecule has 0 saturated carbocycles. The van der Waals surface area contributed by atoms with Crippen molar-refractivity contribution in [3.63, 3.8) is 0 Å². The van der Waals surface area contributed by atoms with Gasteiger partial charge in [0.05, 0.1) is 0 Å². The predicted molar refractivity (Wildman–Crippen MR) is 58.0 cm³/mol. The van der Waals surface area contributed by atoms with Crippen LogP contribution in [-0.4, -0.2) is 13.1 Å². The molecule has 0 bridgehead atoms. The zero-order chi connectivity index (χ0) is 9.90.